The molecule has 1 aromatic carbocycles. The molecule has 3 rings (SSSR count). The zero-order valence-electron chi connectivity index (χ0n) is 13.9. The van der Waals surface area contributed by atoms with E-state index in [2.05, 4.69) is 17.3 Å². The summed E-state index contributed by atoms with van der Waals surface area (Å²) in [5.74, 6) is 0.0239. The lowest BCUT2D eigenvalue weighted by atomic mass is 10.0. The lowest BCUT2D eigenvalue weighted by Crippen LogP contribution is -2.42. The van der Waals surface area contributed by atoms with Gasteiger partial charge in [0.05, 0.1) is 6.10 Å². The minimum atomic E-state index is -0.381. The number of aliphatic hydroxyl groups is 1. The largest absolute Gasteiger partial charge is 0.391 e. The topological polar surface area (TPSA) is 55.8 Å². The van der Waals surface area contributed by atoms with Crippen LogP contribution in [0.1, 0.15) is 36.0 Å². The summed E-state index contributed by atoms with van der Waals surface area (Å²) in [7, 11) is 2.16. The maximum atomic E-state index is 12.6. The van der Waals surface area contributed by atoms with Gasteiger partial charge in [0.15, 0.2) is 0 Å². The highest BCUT2D eigenvalue weighted by atomic mass is 16.3. The fraction of sp³-hybridized carbons (Fsp3) is 0.611. The van der Waals surface area contributed by atoms with Gasteiger partial charge in [-0.2, -0.15) is 0 Å². The van der Waals surface area contributed by atoms with Gasteiger partial charge in [-0.3, -0.25) is 4.79 Å². The van der Waals surface area contributed by atoms with Gasteiger partial charge in [0, 0.05) is 30.4 Å². The van der Waals surface area contributed by atoms with Crippen LogP contribution in [0, 0.1) is 0 Å². The smallest absolute Gasteiger partial charge is 0.254 e. The molecule has 2 heterocycles. The van der Waals surface area contributed by atoms with Crippen molar-refractivity contribution >= 4 is 11.6 Å². The van der Waals surface area contributed by atoms with E-state index in [0.717, 1.165) is 51.0 Å². The van der Waals surface area contributed by atoms with Crippen molar-refractivity contribution in [3.05, 3.63) is 29.8 Å². The molecule has 0 radical (unpaired) electrons. The number of rotatable bonds is 3. The molecule has 5 heteroatoms. The molecule has 1 amide bonds. The number of nitrogens with zero attached hydrogens (tertiary/aromatic N) is 2. The minimum absolute atomic E-state index is 0.0239. The lowest BCUT2D eigenvalue weighted by molar-refractivity contribution is 0.0474. The van der Waals surface area contributed by atoms with Crippen molar-refractivity contribution in [3.8, 4) is 0 Å². The first-order chi connectivity index (χ1) is 11.1. The van der Waals surface area contributed by atoms with Crippen molar-refractivity contribution in [1.29, 1.82) is 0 Å². The van der Waals surface area contributed by atoms with E-state index < -0.39 is 0 Å². The van der Waals surface area contributed by atoms with Gasteiger partial charge in [0.1, 0.15) is 0 Å². The summed E-state index contributed by atoms with van der Waals surface area (Å²) in [5.41, 5.74) is 1.72. The Kier molecular flexibility index (Phi) is 5.18. The predicted octanol–water partition coefficient (Wildman–Crippen LogP) is 1.79. The Hall–Kier alpha value is -1.59. The Morgan fingerprint density at radius 3 is 2.74 bits per heavy atom. The third-order valence-electron chi connectivity index (χ3n) is 4.88. The van der Waals surface area contributed by atoms with E-state index in [0.29, 0.717) is 18.2 Å². The quantitative estimate of drug-likeness (QED) is 0.892. The van der Waals surface area contributed by atoms with Gasteiger partial charge in [-0.1, -0.05) is 6.07 Å². The van der Waals surface area contributed by atoms with Gasteiger partial charge >= 0.3 is 0 Å². The van der Waals surface area contributed by atoms with Crippen LogP contribution in [0.3, 0.4) is 0 Å². The molecule has 2 saturated heterocycles. The molecule has 1 atom stereocenters. The van der Waals surface area contributed by atoms with Gasteiger partial charge in [-0.05, 0) is 64.0 Å². The van der Waals surface area contributed by atoms with Crippen LogP contribution in [0.5, 0.6) is 0 Å². The Labute approximate surface area is 138 Å². The molecule has 0 spiro atoms. The molecule has 0 bridgehead atoms. The van der Waals surface area contributed by atoms with E-state index >= 15 is 0 Å². The summed E-state index contributed by atoms with van der Waals surface area (Å²) in [6, 6.07) is 8.25. The van der Waals surface area contributed by atoms with Crippen LogP contribution in [-0.2, 0) is 0 Å². The SMILES string of the molecule is CN1CCC(Nc2cccc(C(=O)N3CCCC(O)C3)c2)CC1. The Balaban J connectivity index is 1.63. The molecule has 2 aliphatic rings. The number of hydrogen-bond acceptors (Lipinski definition) is 4. The van der Waals surface area contributed by atoms with E-state index in [9.17, 15) is 9.90 Å². The highest BCUT2D eigenvalue weighted by Gasteiger charge is 2.23. The molecule has 0 saturated carbocycles. The molecule has 0 aromatic heterocycles. The molecule has 5 nitrogen and oxygen atoms in total. The second kappa shape index (κ2) is 7.32. The normalized spacial score (nSPS) is 23.7. The summed E-state index contributed by atoms with van der Waals surface area (Å²) >= 11 is 0. The standard InChI is InChI=1S/C18H27N3O2/c1-20-10-7-15(8-11-20)19-16-5-2-4-14(12-16)18(23)21-9-3-6-17(22)13-21/h2,4-5,12,15,17,19,22H,3,6-11,13H2,1H3. The number of anilines is 1. The molecule has 23 heavy (non-hydrogen) atoms. The third kappa shape index (κ3) is 4.24. The summed E-state index contributed by atoms with van der Waals surface area (Å²) < 4.78 is 0. The van der Waals surface area contributed by atoms with E-state index in [1.165, 1.54) is 0 Å². The van der Waals surface area contributed by atoms with Crippen molar-refractivity contribution in [2.75, 3.05) is 38.5 Å². The average molecular weight is 317 g/mol. The summed E-state index contributed by atoms with van der Waals surface area (Å²) in [4.78, 5) is 16.7. The number of amides is 1. The van der Waals surface area contributed by atoms with Gasteiger partial charge < -0.3 is 20.2 Å². The van der Waals surface area contributed by atoms with Crippen LogP contribution in [0.15, 0.2) is 24.3 Å². The molecular formula is C18H27N3O2. The number of nitrogens with one attached hydrogen (secondary N) is 1. The maximum Gasteiger partial charge on any atom is 0.254 e. The molecule has 2 N–H and O–H groups in total. The van der Waals surface area contributed by atoms with Crippen LogP contribution in [0.25, 0.3) is 0 Å². The van der Waals surface area contributed by atoms with Gasteiger partial charge in [-0.25, -0.2) is 0 Å². The predicted molar refractivity (Wildman–Crippen MR) is 91.7 cm³/mol. The van der Waals surface area contributed by atoms with E-state index in [4.69, 9.17) is 0 Å². The van der Waals surface area contributed by atoms with E-state index in [1.54, 1.807) is 4.90 Å². The molecule has 1 aromatic rings. The third-order valence-corrected chi connectivity index (χ3v) is 4.88. The molecule has 126 valence electrons. The number of β-amino-alcohol motifs (C(OH)–C–C–N with tert-alkyl or cyclic N) is 1. The van der Waals surface area contributed by atoms with Crippen LogP contribution in [-0.4, -0.2) is 66.2 Å². The zero-order chi connectivity index (χ0) is 16.2. The number of aliphatic hydroxyl groups excluding tert-OH is 1. The molecule has 2 fully saturated rings. The first-order valence-corrected chi connectivity index (χ1v) is 8.64. The minimum Gasteiger partial charge on any atom is -0.391 e. The average Bonchev–Trinajstić information content (AvgIpc) is 2.56. The number of hydrogen-bond donors (Lipinski definition) is 2. The first-order valence-electron chi connectivity index (χ1n) is 8.64. The lowest BCUT2D eigenvalue weighted by Gasteiger charge is -2.31. The number of piperidine rings is 2. The van der Waals surface area contributed by atoms with Crippen molar-refractivity contribution < 1.29 is 9.90 Å². The monoisotopic (exact) mass is 317 g/mol. The van der Waals surface area contributed by atoms with Gasteiger partial charge in [0.2, 0.25) is 0 Å². The van der Waals surface area contributed by atoms with Crippen molar-refractivity contribution in [2.24, 2.45) is 0 Å². The highest BCUT2D eigenvalue weighted by Crippen LogP contribution is 2.19. The van der Waals surface area contributed by atoms with Crippen LogP contribution in [0.4, 0.5) is 5.69 Å². The molecule has 2 aliphatic heterocycles. The Morgan fingerprint density at radius 2 is 2.00 bits per heavy atom. The van der Waals surface area contributed by atoms with Crippen molar-refractivity contribution in [2.45, 2.75) is 37.8 Å². The Bertz CT molecular complexity index is 541. The number of carbonyl (C=O) groups is 1. The van der Waals surface area contributed by atoms with Crippen LogP contribution >= 0.6 is 0 Å². The Morgan fingerprint density at radius 1 is 1.22 bits per heavy atom. The summed E-state index contributed by atoms with van der Waals surface area (Å²) in [6.45, 7) is 3.41. The van der Waals surface area contributed by atoms with Crippen molar-refractivity contribution in [3.63, 3.8) is 0 Å². The fourth-order valence-electron chi connectivity index (χ4n) is 3.45. The summed E-state index contributed by atoms with van der Waals surface area (Å²) in [5, 5.41) is 13.3. The van der Waals surface area contributed by atoms with E-state index in [-0.39, 0.29) is 12.0 Å². The molecule has 1 unspecified atom stereocenters. The molecule has 0 aliphatic carbocycles. The first kappa shape index (κ1) is 16.3. The zero-order valence-corrected chi connectivity index (χ0v) is 13.9. The van der Waals surface area contributed by atoms with Crippen molar-refractivity contribution in [1.82, 2.24) is 9.80 Å². The van der Waals surface area contributed by atoms with Crippen LogP contribution in [0.2, 0.25) is 0 Å². The second-order valence-electron chi connectivity index (χ2n) is 6.85. The second-order valence-corrected chi connectivity index (χ2v) is 6.85. The molecular weight excluding hydrogens is 290 g/mol. The van der Waals surface area contributed by atoms with Gasteiger partial charge in [-0.15, -0.1) is 0 Å². The van der Waals surface area contributed by atoms with Gasteiger partial charge in [0.25, 0.3) is 5.91 Å². The number of carbonyl (C=O) groups excluding carboxylic acids is 1. The maximum absolute atomic E-state index is 12.6. The number of benzene rings is 1. The van der Waals surface area contributed by atoms with Crippen LogP contribution < -0.4 is 5.32 Å². The number of likely N-dealkylation sites (tertiary alicyclic amines) is 2. The van der Waals surface area contributed by atoms with E-state index in [1.807, 2.05) is 24.3 Å². The summed E-state index contributed by atoms with van der Waals surface area (Å²) in [6.07, 6.45) is 3.55. The fourth-order valence-corrected chi connectivity index (χ4v) is 3.45. The highest BCUT2D eigenvalue weighted by molar-refractivity contribution is 5.95.